The van der Waals surface area contributed by atoms with Crippen molar-refractivity contribution in [3.05, 3.63) is 53.4 Å². The highest BCUT2D eigenvalue weighted by atomic mass is 35.5. The predicted molar refractivity (Wildman–Crippen MR) is 68.1 cm³/mol. The van der Waals surface area contributed by atoms with Gasteiger partial charge < -0.3 is 0 Å². The van der Waals surface area contributed by atoms with Crippen molar-refractivity contribution in [3.63, 3.8) is 0 Å². The number of fused-ring (bicyclic) bond motifs is 1. The molecule has 0 aliphatic heterocycles. The highest BCUT2D eigenvalue weighted by Gasteiger charge is 2.08. The average Bonchev–Trinajstić information content (AvgIpc) is 2.79. The first-order valence-corrected chi connectivity index (χ1v) is 5.67. The molecule has 0 aliphatic carbocycles. The number of nitrogens with zero attached hydrogens (tertiary/aromatic N) is 4. The summed E-state index contributed by atoms with van der Waals surface area (Å²) in [6.07, 6.45) is 1.79. The predicted octanol–water partition coefficient (Wildman–Crippen LogP) is 2.92. The maximum Gasteiger partial charge on any atom is 0.243 e. The van der Waals surface area contributed by atoms with Gasteiger partial charge in [-0.2, -0.15) is 10.2 Å². The first kappa shape index (κ1) is 10.8. The molecule has 0 saturated carbocycles. The average molecular weight is 255 g/mol. The van der Waals surface area contributed by atoms with Crippen molar-refractivity contribution in [2.24, 2.45) is 0 Å². The van der Waals surface area contributed by atoms with Gasteiger partial charge >= 0.3 is 0 Å². The molecule has 2 heterocycles. The van der Waals surface area contributed by atoms with Gasteiger partial charge in [0, 0.05) is 11.8 Å². The fourth-order valence-corrected chi connectivity index (χ4v) is 1.99. The summed E-state index contributed by atoms with van der Waals surface area (Å²) in [5.74, 6) is 0. The minimum atomic E-state index is 0.219. The Balaban J connectivity index is 2.21. The Morgan fingerprint density at radius 1 is 1.17 bits per heavy atom. The van der Waals surface area contributed by atoms with Crippen molar-refractivity contribution in [2.45, 2.75) is 0 Å². The van der Waals surface area contributed by atoms with Gasteiger partial charge in [-0.15, -0.1) is 5.10 Å². The molecular formula is C13H7ClN4. The minimum absolute atomic E-state index is 0.219. The van der Waals surface area contributed by atoms with Crippen molar-refractivity contribution < 1.29 is 0 Å². The van der Waals surface area contributed by atoms with Gasteiger partial charge in [0.15, 0.2) is 5.65 Å². The van der Waals surface area contributed by atoms with E-state index in [9.17, 15) is 0 Å². The molecule has 0 bridgehead atoms. The summed E-state index contributed by atoms with van der Waals surface area (Å²) in [4.78, 5) is 4.18. The monoisotopic (exact) mass is 254 g/mol. The Bertz CT molecular complexity index is 753. The third-order valence-corrected chi connectivity index (χ3v) is 2.82. The molecule has 18 heavy (non-hydrogen) atoms. The molecule has 0 unspecified atom stereocenters. The molecule has 3 aromatic rings. The van der Waals surface area contributed by atoms with E-state index in [1.165, 1.54) is 0 Å². The van der Waals surface area contributed by atoms with Gasteiger partial charge in [-0.25, -0.2) is 4.52 Å². The van der Waals surface area contributed by atoms with Crippen LogP contribution < -0.4 is 0 Å². The van der Waals surface area contributed by atoms with E-state index in [1.54, 1.807) is 22.8 Å². The zero-order valence-electron chi connectivity index (χ0n) is 9.21. The van der Waals surface area contributed by atoms with Crippen LogP contribution in [0.1, 0.15) is 5.56 Å². The molecule has 0 saturated heterocycles. The molecule has 0 N–H and O–H groups in total. The molecule has 86 valence electrons. The smallest absolute Gasteiger partial charge is 0.219 e. The third-order valence-electron chi connectivity index (χ3n) is 2.66. The van der Waals surface area contributed by atoms with Gasteiger partial charge in [-0.3, -0.25) is 0 Å². The molecule has 2 aromatic heterocycles. The van der Waals surface area contributed by atoms with E-state index in [1.807, 2.05) is 24.3 Å². The Labute approximate surface area is 108 Å². The topological polar surface area (TPSA) is 54.0 Å². The molecule has 5 heteroatoms. The second-order valence-electron chi connectivity index (χ2n) is 3.76. The van der Waals surface area contributed by atoms with E-state index >= 15 is 0 Å². The lowest BCUT2D eigenvalue weighted by atomic mass is 10.1. The first-order chi connectivity index (χ1) is 8.78. The quantitative estimate of drug-likeness (QED) is 0.671. The Kier molecular flexibility index (Phi) is 2.47. The molecule has 0 spiro atoms. The summed E-state index contributed by atoms with van der Waals surface area (Å²) >= 11 is 5.80. The normalized spacial score (nSPS) is 10.4. The van der Waals surface area contributed by atoms with E-state index in [-0.39, 0.29) is 5.28 Å². The van der Waals surface area contributed by atoms with E-state index < -0.39 is 0 Å². The van der Waals surface area contributed by atoms with Crippen molar-refractivity contribution in [3.8, 4) is 17.2 Å². The molecule has 0 aliphatic rings. The van der Waals surface area contributed by atoms with Gasteiger partial charge in [-0.1, -0.05) is 12.1 Å². The first-order valence-electron chi connectivity index (χ1n) is 5.29. The van der Waals surface area contributed by atoms with Gasteiger partial charge in [0.05, 0.1) is 11.6 Å². The fourth-order valence-electron chi connectivity index (χ4n) is 1.83. The van der Waals surface area contributed by atoms with E-state index in [2.05, 4.69) is 16.2 Å². The third kappa shape index (κ3) is 1.71. The largest absolute Gasteiger partial charge is 0.243 e. The number of rotatable bonds is 1. The van der Waals surface area contributed by atoms with Crippen LogP contribution in [0.2, 0.25) is 5.28 Å². The van der Waals surface area contributed by atoms with Gasteiger partial charge in [0.1, 0.15) is 0 Å². The molecule has 0 amide bonds. The lowest BCUT2D eigenvalue weighted by Crippen LogP contribution is -1.89. The van der Waals surface area contributed by atoms with Crippen molar-refractivity contribution in [1.82, 2.24) is 14.6 Å². The number of pyridine rings is 1. The summed E-state index contributed by atoms with van der Waals surface area (Å²) in [7, 11) is 0. The van der Waals surface area contributed by atoms with E-state index in [0.717, 1.165) is 11.1 Å². The highest BCUT2D eigenvalue weighted by molar-refractivity contribution is 6.28. The Morgan fingerprint density at radius 3 is 2.67 bits per heavy atom. The SMILES string of the molecule is N#Cc1ccc(-c2cccn3nc(Cl)nc23)cc1. The number of aromatic nitrogens is 3. The highest BCUT2D eigenvalue weighted by Crippen LogP contribution is 2.24. The van der Waals surface area contributed by atoms with Crippen molar-refractivity contribution in [2.75, 3.05) is 0 Å². The Morgan fingerprint density at radius 2 is 1.94 bits per heavy atom. The van der Waals surface area contributed by atoms with E-state index in [4.69, 9.17) is 16.9 Å². The summed E-state index contributed by atoms with van der Waals surface area (Å²) in [6.45, 7) is 0. The zero-order chi connectivity index (χ0) is 12.5. The second-order valence-corrected chi connectivity index (χ2v) is 4.10. The fraction of sp³-hybridized carbons (Fsp3) is 0. The summed E-state index contributed by atoms with van der Waals surface area (Å²) in [5, 5.41) is 13.1. The zero-order valence-corrected chi connectivity index (χ0v) is 9.96. The van der Waals surface area contributed by atoms with Crippen LogP contribution in [0.15, 0.2) is 42.6 Å². The summed E-state index contributed by atoms with van der Waals surface area (Å²) < 4.78 is 1.63. The molecule has 0 atom stereocenters. The van der Waals surface area contributed by atoms with Crippen LogP contribution in [0.4, 0.5) is 0 Å². The number of hydrogen-bond donors (Lipinski definition) is 0. The second kappa shape index (κ2) is 4.13. The lowest BCUT2D eigenvalue weighted by molar-refractivity contribution is 0.962. The number of benzene rings is 1. The van der Waals surface area contributed by atoms with Gasteiger partial charge in [0.2, 0.25) is 5.28 Å². The number of halogens is 1. The van der Waals surface area contributed by atoms with Gasteiger partial charge in [0.25, 0.3) is 0 Å². The summed E-state index contributed by atoms with van der Waals surface area (Å²) in [5.41, 5.74) is 3.24. The number of hydrogen-bond acceptors (Lipinski definition) is 3. The standard InChI is InChI=1S/C13H7ClN4/c14-13-16-12-11(2-1-7-18(12)17-13)10-5-3-9(8-15)4-6-10/h1-7H. The Hall–Kier alpha value is -2.38. The van der Waals surface area contributed by atoms with Crippen molar-refractivity contribution >= 4 is 17.2 Å². The lowest BCUT2D eigenvalue weighted by Gasteiger charge is -2.02. The molecule has 3 rings (SSSR count). The molecule has 1 aromatic carbocycles. The van der Waals surface area contributed by atoms with Crippen molar-refractivity contribution in [1.29, 1.82) is 5.26 Å². The summed E-state index contributed by atoms with van der Waals surface area (Å²) in [6, 6.07) is 13.2. The van der Waals surface area contributed by atoms with Crippen LogP contribution in [0.3, 0.4) is 0 Å². The van der Waals surface area contributed by atoms with Crippen LogP contribution >= 0.6 is 11.6 Å². The van der Waals surface area contributed by atoms with Crippen LogP contribution in [-0.2, 0) is 0 Å². The van der Waals surface area contributed by atoms with Crippen LogP contribution in [-0.4, -0.2) is 14.6 Å². The maximum atomic E-state index is 8.78. The van der Waals surface area contributed by atoms with Crippen LogP contribution in [0.5, 0.6) is 0 Å². The molecular weight excluding hydrogens is 248 g/mol. The van der Waals surface area contributed by atoms with Crippen LogP contribution in [0.25, 0.3) is 16.8 Å². The molecule has 0 fully saturated rings. The van der Waals surface area contributed by atoms with Crippen LogP contribution in [0, 0.1) is 11.3 Å². The number of nitriles is 1. The minimum Gasteiger partial charge on any atom is -0.219 e. The van der Waals surface area contributed by atoms with E-state index in [0.29, 0.717) is 11.2 Å². The molecule has 0 radical (unpaired) electrons. The molecule has 4 nitrogen and oxygen atoms in total. The van der Waals surface area contributed by atoms with Gasteiger partial charge in [-0.05, 0) is 41.4 Å². The maximum absolute atomic E-state index is 8.78.